The minimum absolute atomic E-state index is 0. The van der Waals surface area contributed by atoms with Crippen LogP contribution in [0.2, 0.25) is 0 Å². The molecule has 0 unspecified atom stereocenters. The predicted molar refractivity (Wildman–Crippen MR) is 209 cm³/mol. The second-order valence-electron chi connectivity index (χ2n) is 11.7. The molecule has 50 heavy (non-hydrogen) atoms. The predicted octanol–water partition coefficient (Wildman–Crippen LogP) is 9.97. The Hall–Kier alpha value is -4.46. The first kappa shape index (κ1) is 35.4. The van der Waals surface area contributed by atoms with E-state index < -0.39 is 0 Å². The number of hydrazine groups is 1. The van der Waals surface area contributed by atoms with Crippen LogP contribution in [0.3, 0.4) is 0 Å². The van der Waals surface area contributed by atoms with Crippen molar-refractivity contribution in [1.82, 2.24) is 4.57 Å². The average molecular weight is 742 g/mol. The number of aromatic nitrogens is 1. The molecule has 2 aromatic heterocycles. The summed E-state index contributed by atoms with van der Waals surface area (Å²) in [7, 11) is 0. The Balaban J connectivity index is 0.000000201. The summed E-state index contributed by atoms with van der Waals surface area (Å²) in [5.74, 6) is 8.00. The molecule has 7 aromatic carbocycles. The van der Waals surface area contributed by atoms with E-state index in [0.717, 1.165) is 23.2 Å². The Kier molecular flexibility index (Phi) is 11.7. The summed E-state index contributed by atoms with van der Waals surface area (Å²) in [5.41, 5.74) is 15.3. The molecule has 6 heteroatoms. The van der Waals surface area contributed by atoms with Crippen molar-refractivity contribution in [2.75, 3.05) is 0 Å². The smallest absolute Gasteiger partial charge is 0.0445 e. The van der Waals surface area contributed by atoms with Gasteiger partial charge in [-0.3, -0.25) is 11.7 Å². The van der Waals surface area contributed by atoms with Crippen LogP contribution in [0.15, 0.2) is 158 Å². The van der Waals surface area contributed by atoms with Gasteiger partial charge in [0.15, 0.2) is 0 Å². The van der Waals surface area contributed by atoms with Crippen molar-refractivity contribution >= 4 is 53.3 Å². The molecule has 0 aliphatic carbocycles. The summed E-state index contributed by atoms with van der Waals surface area (Å²) in [6.45, 7) is 0.615. The Morgan fingerprint density at radius 2 is 1.26 bits per heavy atom. The van der Waals surface area contributed by atoms with E-state index in [1.54, 1.807) is 0 Å². The van der Waals surface area contributed by atoms with Gasteiger partial charge in [0, 0.05) is 81.2 Å². The van der Waals surface area contributed by atoms with Crippen molar-refractivity contribution in [2.45, 2.75) is 13.0 Å². The van der Waals surface area contributed by atoms with E-state index in [1.807, 2.05) is 29.5 Å². The maximum Gasteiger partial charge on any atom is 0.0445 e. The van der Waals surface area contributed by atoms with Gasteiger partial charge in [0.05, 0.1) is 0 Å². The molecule has 9 aromatic rings. The van der Waals surface area contributed by atoms with Crippen LogP contribution in [0, 0.1) is 12.1 Å². The van der Waals surface area contributed by atoms with Gasteiger partial charge < -0.3 is 10.3 Å². The van der Waals surface area contributed by atoms with Gasteiger partial charge in [0.1, 0.15) is 0 Å². The van der Waals surface area contributed by atoms with Crippen LogP contribution in [0.4, 0.5) is 0 Å². The Morgan fingerprint density at radius 1 is 0.560 bits per heavy atom. The average Bonchev–Trinajstić information content (AvgIpc) is 3.72. The van der Waals surface area contributed by atoms with Crippen LogP contribution in [-0.2, 0) is 45.7 Å². The largest absolute Gasteiger partial charge is 0.360 e. The van der Waals surface area contributed by atoms with E-state index in [4.69, 9.17) is 5.73 Å². The van der Waals surface area contributed by atoms with Gasteiger partial charge in [-0.05, 0) is 47.4 Å². The first-order chi connectivity index (χ1) is 24.3. The van der Waals surface area contributed by atoms with Crippen molar-refractivity contribution in [3.8, 4) is 16.8 Å². The Bertz CT molecular complexity index is 2490. The molecule has 0 saturated heterocycles. The van der Waals surface area contributed by atoms with Crippen molar-refractivity contribution in [1.29, 1.82) is 0 Å². The monoisotopic (exact) mass is 741 g/mol. The van der Waals surface area contributed by atoms with Gasteiger partial charge >= 0.3 is 0 Å². The molecule has 0 spiro atoms. The molecule has 2 heterocycles. The molecular weight excluding hydrogens is 705 g/mol. The van der Waals surface area contributed by atoms with Gasteiger partial charge in [0.25, 0.3) is 0 Å². The van der Waals surface area contributed by atoms with Crippen LogP contribution in [-0.4, -0.2) is 4.57 Å². The molecule has 9 rings (SSSR count). The second kappa shape index (κ2) is 16.5. The van der Waals surface area contributed by atoms with Crippen molar-refractivity contribution < 1.29 is 32.7 Å². The number of nitrogens with zero attached hydrogens (tertiary/aromatic N) is 1. The molecule has 0 aliphatic heterocycles. The fourth-order valence-corrected chi connectivity index (χ4v) is 7.79. The van der Waals surface area contributed by atoms with Crippen LogP contribution in [0.5, 0.6) is 0 Å². The normalized spacial score (nSPS) is 10.7. The van der Waals surface area contributed by atoms with Gasteiger partial charge in [-0.1, -0.05) is 96.7 Å². The molecule has 0 amide bonds. The zero-order valence-corrected chi connectivity index (χ0v) is 31.2. The van der Waals surface area contributed by atoms with E-state index in [1.165, 1.54) is 58.7 Å². The SMILES string of the molecule is NCc1cccc2c1sc1ccccc12.NN.[Y].[c-]1ccccc1-c1[c-]cccc1-n1c2ccccc2c2cc(Cc3ccccc3)ccc21. The molecule has 0 fully saturated rings. The molecule has 0 aliphatic rings. The molecular formula is C44H36N4SY-2. The van der Waals surface area contributed by atoms with Crippen molar-refractivity contribution in [3.05, 3.63) is 187 Å². The number of rotatable bonds is 5. The Labute approximate surface area is 322 Å². The van der Waals surface area contributed by atoms with E-state index in [-0.39, 0.29) is 32.7 Å². The summed E-state index contributed by atoms with van der Waals surface area (Å²) >= 11 is 1.83. The summed E-state index contributed by atoms with van der Waals surface area (Å²) < 4.78 is 5.04. The zero-order valence-electron chi connectivity index (χ0n) is 27.6. The van der Waals surface area contributed by atoms with Crippen LogP contribution in [0.25, 0.3) is 58.8 Å². The molecule has 6 N–H and O–H groups in total. The third kappa shape index (κ3) is 7.08. The summed E-state index contributed by atoms with van der Waals surface area (Å²) in [6.07, 6.45) is 0.930. The van der Waals surface area contributed by atoms with Crippen LogP contribution >= 0.6 is 11.3 Å². The number of nitrogens with two attached hydrogens (primary N) is 3. The third-order valence-corrected chi connectivity index (χ3v) is 10.0. The van der Waals surface area contributed by atoms with Gasteiger partial charge in [-0.2, -0.15) is 36.4 Å². The molecule has 0 bridgehead atoms. The van der Waals surface area contributed by atoms with Crippen molar-refractivity contribution in [3.63, 3.8) is 0 Å². The fourth-order valence-electron chi connectivity index (χ4n) is 6.57. The van der Waals surface area contributed by atoms with E-state index >= 15 is 0 Å². The zero-order chi connectivity index (χ0) is 33.6. The van der Waals surface area contributed by atoms with Gasteiger partial charge in [0.2, 0.25) is 0 Å². The summed E-state index contributed by atoms with van der Waals surface area (Å²) in [5, 5.41) is 5.22. The maximum atomic E-state index is 5.74. The number of fused-ring (bicyclic) bond motifs is 6. The number of para-hydroxylation sites is 1. The number of hydrogen-bond acceptors (Lipinski definition) is 4. The van der Waals surface area contributed by atoms with Crippen molar-refractivity contribution in [2.24, 2.45) is 17.4 Å². The molecule has 1 radical (unpaired) electrons. The standard InChI is InChI=1S/C31H21N.C13H11NS.H4N2.Y/c1-3-11-23(12-4-1)21-24-19-20-31-28(22-24)27-16-8-10-18-30(27)32(31)29-17-9-7-15-26(29)25-13-5-2-6-14-25;14-8-9-4-3-6-11-10-5-1-2-7-12(10)15-13(9)11;1-2;/h1-13,16-20,22H,21H2;1-7H,8,14H2;1-2H2;/q-2;;;. The number of hydrogen-bond donors (Lipinski definition) is 3. The minimum atomic E-state index is 0. The fraction of sp³-hybridized carbons (Fsp3) is 0.0455. The second-order valence-corrected chi connectivity index (χ2v) is 12.7. The van der Waals surface area contributed by atoms with Gasteiger partial charge in [-0.15, -0.1) is 29.5 Å². The molecule has 4 nitrogen and oxygen atoms in total. The Morgan fingerprint density at radius 3 is 2.06 bits per heavy atom. The van der Waals surface area contributed by atoms with E-state index in [2.05, 4.69) is 168 Å². The van der Waals surface area contributed by atoms with Crippen LogP contribution in [0.1, 0.15) is 16.7 Å². The van der Waals surface area contributed by atoms with E-state index in [9.17, 15) is 0 Å². The first-order valence-electron chi connectivity index (χ1n) is 16.3. The number of benzene rings is 7. The van der Waals surface area contributed by atoms with E-state index in [0.29, 0.717) is 6.54 Å². The minimum Gasteiger partial charge on any atom is -0.360 e. The quantitative estimate of drug-likeness (QED) is 0.0934. The summed E-state index contributed by atoms with van der Waals surface area (Å²) in [6, 6.07) is 62.2. The molecule has 0 atom stereocenters. The third-order valence-electron chi connectivity index (χ3n) is 8.75. The van der Waals surface area contributed by atoms with Gasteiger partial charge in [-0.25, -0.2) is 11.1 Å². The first-order valence-corrected chi connectivity index (χ1v) is 17.1. The molecule has 243 valence electrons. The maximum absolute atomic E-state index is 5.74. The summed E-state index contributed by atoms with van der Waals surface area (Å²) in [4.78, 5) is 0. The number of thiophene rings is 1. The topological polar surface area (TPSA) is 83.0 Å². The molecule has 0 saturated carbocycles. The van der Waals surface area contributed by atoms with Crippen LogP contribution < -0.4 is 17.4 Å².